The molecule has 0 spiro atoms. The van der Waals surface area contributed by atoms with Crippen molar-refractivity contribution in [3.8, 4) is 0 Å². The summed E-state index contributed by atoms with van der Waals surface area (Å²) in [6.07, 6.45) is 8.62. The van der Waals surface area contributed by atoms with E-state index in [1.165, 1.54) is 6.20 Å². The molecule has 0 saturated carbocycles. The number of aliphatic imine (C=N–C) groups is 1. The van der Waals surface area contributed by atoms with E-state index >= 15 is 0 Å². The molecule has 0 radical (unpaired) electrons. The molecule has 1 atom stereocenters. The molecule has 2 rings (SSSR count). The second kappa shape index (κ2) is 8.76. The highest BCUT2D eigenvalue weighted by molar-refractivity contribution is 7.93. The summed E-state index contributed by atoms with van der Waals surface area (Å²) in [5.41, 5.74) is -0.225. The number of likely N-dealkylation sites (N-methyl/N-ethyl adjacent to an activating group) is 1. The van der Waals surface area contributed by atoms with Gasteiger partial charge in [0.25, 0.3) is 0 Å². The van der Waals surface area contributed by atoms with Crippen LogP contribution < -0.4 is 4.72 Å². The summed E-state index contributed by atoms with van der Waals surface area (Å²) in [5.74, 6) is 0. The number of allylic oxidation sites excluding steroid dienone is 2. The van der Waals surface area contributed by atoms with Crippen LogP contribution in [0.25, 0.3) is 0 Å². The van der Waals surface area contributed by atoms with Crippen molar-refractivity contribution in [1.29, 1.82) is 0 Å². The summed E-state index contributed by atoms with van der Waals surface area (Å²) in [5, 5.41) is 0. The predicted molar refractivity (Wildman–Crippen MR) is 98.0 cm³/mol. The van der Waals surface area contributed by atoms with Crippen molar-refractivity contribution in [3.63, 3.8) is 0 Å². The molecule has 1 N–H and O–H groups in total. The molecule has 6 heteroatoms. The van der Waals surface area contributed by atoms with Gasteiger partial charge in [-0.2, -0.15) is 0 Å². The van der Waals surface area contributed by atoms with Gasteiger partial charge in [-0.25, -0.2) is 13.1 Å². The van der Waals surface area contributed by atoms with Crippen LogP contribution in [-0.4, -0.2) is 45.2 Å². The number of nitrogens with one attached hydrogen (secondary N) is 1. The largest absolute Gasteiger partial charge is 0.302 e. The van der Waals surface area contributed by atoms with Gasteiger partial charge in [-0.05, 0) is 32.0 Å². The minimum Gasteiger partial charge on any atom is -0.302 e. The molecule has 5 nitrogen and oxygen atoms in total. The van der Waals surface area contributed by atoms with E-state index in [9.17, 15) is 8.42 Å². The maximum Gasteiger partial charge on any atom is 0.242 e. The van der Waals surface area contributed by atoms with E-state index in [2.05, 4.69) is 21.5 Å². The van der Waals surface area contributed by atoms with Gasteiger partial charge in [-0.3, -0.25) is 4.99 Å². The SMILES string of the molecule is CC.CCN1CCCC(NS(=O)(=O)C2=CN=CC(C)(C)C=C2)C1. The molecule has 0 aliphatic carbocycles. The lowest BCUT2D eigenvalue weighted by atomic mass is 9.95. The lowest BCUT2D eigenvalue weighted by molar-refractivity contribution is 0.211. The summed E-state index contributed by atoms with van der Waals surface area (Å²) in [6, 6.07) is -0.0155. The fraction of sp³-hybridized carbons (Fsp3) is 0.706. The van der Waals surface area contributed by atoms with E-state index < -0.39 is 10.0 Å². The van der Waals surface area contributed by atoms with Crippen LogP contribution in [0.2, 0.25) is 0 Å². The zero-order valence-corrected chi connectivity index (χ0v) is 15.9. The summed E-state index contributed by atoms with van der Waals surface area (Å²) < 4.78 is 27.8. The third-order valence-corrected chi connectivity index (χ3v) is 5.38. The third kappa shape index (κ3) is 6.20. The van der Waals surface area contributed by atoms with E-state index in [0.29, 0.717) is 0 Å². The van der Waals surface area contributed by atoms with Crippen molar-refractivity contribution in [2.45, 2.75) is 53.5 Å². The highest BCUT2D eigenvalue weighted by Crippen LogP contribution is 2.21. The Morgan fingerprint density at radius 1 is 1.39 bits per heavy atom. The van der Waals surface area contributed by atoms with Crippen LogP contribution in [0.5, 0.6) is 0 Å². The first kappa shape index (κ1) is 20.1. The van der Waals surface area contributed by atoms with E-state index in [1.807, 2.05) is 33.8 Å². The number of sulfonamides is 1. The van der Waals surface area contributed by atoms with Crippen LogP contribution in [0.1, 0.15) is 47.5 Å². The fourth-order valence-corrected chi connectivity index (χ4v) is 3.79. The zero-order chi connectivity index (χ0) is 17.5. The minimum atomic E-state index is -3.50. The average Bonchev–Trinajstić information content (AvgIpc) is 2.70. The number of hydrogen-bond donors (Lipinski definition) is 1. The Morgan fingerprint density at radius 2 is 2.09 bits per heavy atom. The molecule has 0 aromatic rings. The Labute approximate surface area is 141 Å². The zero-order valence-electron chi connectivity index (χ0n) is 15.0. The van der Waals surface area contributed by atoms with Crippen molar-refractivity contribution in [2.75, 3.05) is 19.6 Å². The van der Waals surface area contributed by atoms with Gasteiger partial charge in [0.15, 0.2) is 0 Å². The monoisotopic (exact) mass is 341 g/mol. The number of rotatable bonds is 4. The average molecular weight is 342 g/mol. The van der Waals surface area contributed by atoms with Crippen molar-refractivity contribution >= 4 is 16.2 Å². The maximum absolute atomic E-state index is 12.5. The van der Waals surface area contributed by atoms with Gasteiger partial charge in [0.1, 0.15) is 0 Å². The number of nitrogens with zero attached hydrogens (tertiary/aromatic N) is 2. The fourth-order valence-electron chi connectivity index (χ4n) is 2.57. The minimum absolute atomic E-state index is 0.0155. The Morgan fingerprint density at radius 3 is 2.74 bits per heavy atom. The highest BCUT2D eigenvalue weighted by atomic mass is 32.2. The maximum atomic E-state index is 12.5. The van der Waals surface area contributed by atoms with Gasteiger partial charge in [0.05, 0.1) is 4.91 Å². The van der Waals surface area contributed by atoms with Crippen LogP contribution in [-0.2, 0) is 10.0 Å². The van der Waals surface area contributed by atoms with E-state index in [-0.39, 0.29) is 16.4 Å². The first-order valence-corrected chi connectivity index (χ1v) is 9.99. The molecule has 1 unspecified atom stereocenters. The number of hydrogen-bond acceptors (Lipinski definition) is 4. The molecule has 2 aliphatic rings. The van der Waals surface area contributed by atoms with E-state index in [0.717, 1.165) is 32.5 Å². The molecule has 0 amide bonds. The lowest BCUT2D eigenvalue weighted by Crippen LogP contribution is -2.47. The van der Waals surface area contributed by atoms with Crippen LogP contribution in [0.3, 0.4) is 0 Å². The van der Waals surface area contributed by atoms with E-state index in [1.54, 1.807) is 12.3 Å². The van der Waals surface area contributed by atoms with Crippen molar-refractivity contribution in [1.82, 2.24) is 9.62 Å². The third-order valence-electron chi connectivity index (χ3n) is 3.87. The van der Waals surface area contributed by atoms with Crippen molar-refractivity contribution < 1.29 is 8.42 Å². The van der Waals surface area contributed by atoms with Gasteiger partial charge >= 0.3 is 0 Å². The normalized spacial score (nSPS) is 24.4. The van der Waals surface area contributed by atoms with Crippen molar-refractivity contribution in [3.05, 3.63) is 23.3 Å². The predicted octanol–water partition coefficient (Wildman–Crippen LogP) is 2.92. The quantitative estimate of drug-likeness (QED) is 0.855. The Hall–Kier alpha value is -0.980. The van der Waals surface area contributed by atoms with Crippen LogP contribution >= 0.6 is 0 Å². The summed E-state index contributed by atoms with van der Waals surface area (Å²) in [6.45, 7) is 12.9. The molecule has 132 valence electrons. The highest BCUT2D eigenvalue weighted by Gasteiger charge is 2.26. The van der Waals surface area contributed by atoms with Gasteiger partial charge in [0.2, 0.25) is 10.0 Å². The summed E-state index contributed by atoms with van der Waals surface area (Å²) >= 11 is 0. The molecule has 1 fully saturated rings. The molecule has 23 heavy (non-hydrogen) atoms. The van der Waals surface area contributed by atoms with Crippen LogP contribution in [0.4, 0.5) is 0 Å². The second-order valence-electron chi connectivity index (χ2n) is 6.32. The molecule has 0 aromatic heterocycles. The number of piperidine rings is 1. The Balaban J connectivity index is 0.00000127. The van der Waals surface area contributed by atoms with Crippen LogP contribution in [0.15, 0.2) is 28.2 Å². The second-order valence-corrected chi connectivity index (χ2v) is 8.03. The van der Waals surface area contributed by atoms with Crippen molar-refractivity contribution in [2.24, 2.45) is 10.4 Å². The standard InChI is InChI=1S/C15H25N3O2S.C2H6/c1-4-18-9-5-6-13(11-18)17-21(19,20)14-7-8-15(2,3)12-16-10-14;1-2/h7-8,10,12-13,17H,4-6,9,11H2,1-3H3;1-2H3. The summed E-state index contributed by atoms with van der Waals surface area (Å²) in [4.78, 5) is 6.62. The number of likely N-dealkylation sites (tertiary alicyclic amines) is 1. The smallest absolute Gasteiger partial charge is 0.242 e. The first-order valence-electron chi connectivity index (χ1n) is 8.51. The van der Waals surface area contributed by atoms with Crippen LogP contribution in [0, 0.1) is 5.41 Å². The molecule has 2 aliphatic heterocycles. The first-order chi connectivity index (χ1) is 10.8. The molecular formula is C17H31N3O2S. The molecule has 0 bridgehead atoms. The molecule has 2 heterocycles. The molecule has 1 saturated heterocycles. The van der Waals surface area contributed by atoms with Gasteiger partial charge < -0.3 is 4.90 Å². The van der Waals surface area contributed by atoms with Gasteiger partial charge in [0, 0.05) is 30.4 Å². The molecular weight excluding hydrogens is 310 g/mol. The van der Waals surface area contributed by atoms with Gasteiger partial charge in [-0.15, -0.1) is 0 Å². The Kier molecular flexibility index (Phi) is 7.64. The lowest BCUT2D eigenvalue weighted by Gasteiger charge is -2.32. The van der Waals surface area contributed by atoms with Gasteiger partial charge in [-0.1, -0.05) is 40.7 Å². The van der Waals surface area contributed by atoms with E-state index in [4.69, 9.17) is 0 Å². The molecule has 0 aromatic carbocycles. The Bertz CT molecular complexity index is 562. The topological polar surface area (TPSA) is 61.8 Å². The summed E-state index contributed by atoms with van der Waals surface area (Å²) in [7, 11) is -3.50.